The molecule has 1 saturated carbocycles. The number of hydrazine groups is 1. The molecular weight excluding hydrogens is 240 g/mol. The third-order valence-corrected chi connectivity index (χ3v) is 3.94. The van der Waals surface area contributed by atoms with Crippen LogP contribution in [0.1, 0.15) is 61.1 Å². The molecule has 2 heterocycles. The van der Waals surface area contributed by atoms with E-state index in [1.54, 1.807) is 0 Å². The van der Waals surface area contributed by atoms with Crippen LogP contribution < -0.4 is 5.43 Å². The van der Waals surface area contributed by atoms with E-state index in [2.05, 4.69) is 10.5 Å². The molecule has 2 fully saturated rings. The number of piperidine rings is 1. The maximum atomic E-state index is 12.3. The van der Waals surface area contributed by atoms with E-state index >= 15 is 0 Å². The third kappa shape index (κ3) is 2.81. The van der Waals surface area contributed by atoms with Gasteiger partial charge in [0.2, 0.25) is 0 Å². The normalized spacial score (nSPS) is 20.5. The van der Waals surface area contributed by atoms with Crippen LogP contribution in [-0.2, 0) is 6.54 Å². The van der Waals surface area contributed by atoms with E-state index in [1.807, 2.05) is 22.7 Å². The molecule has 0 atom stereocenters. The van der Waals surface area contributed by atoms with Gasteiger partial charge in [-0.1, -0.05) is 6.42 Å². The Kier molecular flexibility index (Phi) is 3.55. The van der Waals surface area contributed by atoms with Crippen LogP contribution in [0, 0.1) is 0 Å². The molecule has 104 valence electrons. The van der Waals surface area contributed by atoms with Crippen LogP contribution in [0.4, 0.5) is 0 Å². The fourth-order valence-electron chi connectivity index (χ4n) is 2.65. The predicted octanol–water partition coefficient (Wildman–Crippen LogP) is 1.91. The number of rotatable bonds is 4. The first-order valence-corrected chi connectivity index (χ1v) is 7.41. The van der Waals surface area contributed by atoms with E-state index in [1.165, 1.54) is 32.1 Å². The van der Waals surface area contributed by atoms with Crippen LogP contribution in [0.3, 0.4) is 0 Å². The third-order valence-electron chi connectivity index (χ3n) is 3.94. The molecule has 1 N–H and O–H groups in total. The number of nitrogens with zero attached hydrogens (tertiary/aromatic N) is 3. The zero-order valence-electron chi connectivity index (χ0n) is 11.6. The molecule has 1 aliphatic heterocycles. The molecular formula is C14H22N4O. The van der Waals surface area contributed by atoms with E-state index in [9.17, 15) is 4.79 Å². The first-order valence-electron chi connectivity index (χ1n) is 7.41. The second-order valence-corrected chi connectivity index (χ2v) is 5.53. The minimum absolute atomic E-state index is 0.0110. The summed E-state index contributed by atoms with van der Waals surface area (Å²) in [6.07, 6.45) is 6.04. The summed E-state index contributed by atoms with van der Waals surface area (Å²) < 4.78 is 1.83. The van der Waals surface area contributed by atoms with Crippen molar-refractivity contribution >= 4 is 5.91 Å². The average molecular weight is 262 g/mol. The maximum Gasteiger partial charge on any atom is 0.283 e. The Morgan fingerprint density at radius 3 is 2.74 bits per heavy atom. The molecule has 5 heteroatoms. The molecule has 0 aromatic carbocycles. The van der Waals surface area contributed by atoms with Crippen molar-refractivity contribution in [3.05, 3.63) is 17.5 Å². The van der Waals surface area contributed by atoms with Gasteiger partial charge in [0.15, 0.2) is 0 Å². The topological polar surface area (TPSA) is 50.2 Å². The smallest absolute Gasteiger partial charge is 0.283 e. The SMILES string of the molecule is CCn1nc(C2CC2)cc1C(=O)NN1CCCCC1. The standard InChI is InChI=1S/C14H22N4O/c1-2-18-13(10-12(15-18)11-6-7-11)14(19)16-17-8-4-3-5-9-17/h10-11H,2-9H2,1H3,(H,16,19). The Morgan fingerprint density at radius 2 is 2.11 bits per heavy atom. The predicted molar refractivity (Wildman–Crippen MR) is 72.8 cm³/mol. The molecule has 1 aromatic rings. The summed E-state index contributed by atoms with van der Waals surface area (Å²) in [6.45, 7) is 4.69. The Labute approximate surface area is 113 Å². The van der Waals surface area contributed by atoms with Crippen LogP contribution in [0.2, 0.25) is 0 Å². The molecule has 1 amide bonds. The number of aryl methyl sites for hydroxylation is 1. The molecule has 19 heavy (non-hydrogen) atoms. The molecule has 0 spiro atoms. The van der Waals surface area contributed by atoms with Crippen LogP contribution in [0.5, 0.6) is 0 Å². The minimum atomic E-state index is -0.0110. The first kappa shape index (κ1) is 12.7. The summed E-state index contributed by atoms with van der Waals surface area (Å²) in [5.41, 5.74) is 4.81. The Bertz CT molecular complexity index is 458. The van der Waals surface area contributed by atoms with Gasteiger partial charge in [0.25, 0.3) is 5.91 Å². The largest absolute Gasteiger partial charge is 0.283 e. The Hall–Kier alpha value is -1.36. The summed E-state index contributed by atoms with van der Waals surface area (Å²) in [7, 11) is 0. The highest BCUT2D eigenvalue weighted by Crippen LogP contribution is 2.39. The lowest BCUT2D eigenvalue weighted by molar-refractivity contribution is 0.0739. The molecule has 3 rings (SSSR count). The van der Waals surface area contributed by atoms with Gasteiger partial charge in [-0.2, -0.15) is 5.10 Å². The monoisotopic (exact) mass is 262 g/mol. The molecule has 0 bridgehead atoms. The quantitative estimate of drug-likeness (QED) is 0.901. The van der Waals surface area contributed by atoms with E-state index in [0.29, 0.717) is 11.6 Å². The van der Waals surface area contributed by atoms with Crippen molar-refractivity contribution in [1.29, 1.82) is 0 Å². The molecule has 1 saturated heterocycles. The molecule has 5 nitrogen and oxygen atoms in total. The van der Waals surface area contributed by atoms with Crippen molar-refractivity contribution < 1.29 is 4.79 Å². The molecule has 2 aliphatic rings. The highest BCUT2D eigenvalue weighted by Gasteiger charge is 2.28. The van der Waals surface area contributed by atoms with Gasteiger partial charge in [-0.3, -0.25) is 14.9 Å². The summed E-state index contributed by atoms with van der Waals surface area (Å²) in [6, 6.07) is 1.97. The highest BCUT2D eigenvalue weighted by atomic mass is 16.2. The minimum Gasteiger partial charge on any atom is -0.283 e. The Balaban J connectivity index is 1.70. The van der Waals surface area contributed by atoms with Crippen molar-refractivity contribution in [3.8, 4) is 0 Å². The lowest BCUT2D eigenvalue weighted by Crippen LogP contribution is -2.45. The van der Waals surface area contributed by atoms with Gasteiger partial charge in [-0.05, 0) is 38.7 Å². The highest BCUT2D eigenvalue weighted by molar-refractivity contribution is 5.92. The molecule has 1 aromatic heterocycles. The number of carbonyl (C=O) groups excluding carboxylic acids is 1. The average Bonchev–Trinajstić information content (AvgIpc) is 3.19. The lowest BCUT2D eigenvalue weighted by atomic mass is 10.2. The fraction of sp³-hybridized carbons (Fsp3) is 0.714. The van der Waals surface area contributed by atoms with Crippen molar-refractivity contribution in [2.45, 2.75) is 51.5 Å². The van der Waals surface area contributed by atoms with E-state index in [-0.39, 0.29) is 5.91 Å². The van der Waals surface area contributed by atoms with E-state index in [0.717, 1.165) is 25.3 Å². The van der Waals surface area contributed by atoms with Gasteiger partial charge in [-0.25, -0.2) is 5.01 Å². The number of hydrogen-bond donors (Lipinski definition) is 1. The van der Waals surface area contributed by atoms with Gasteiger partial charge in [-0.15, -0.1) is 0 Å². The van der Waals surface area contributed by atoms with Gasteiger partial charge in [0.05, 0.1) is 5.69 Å². The second kappa shape index (κ2) is 5.33. The van der Waals surface area contributed by atoms with Crippen molar-refractivity contribution in [2.24, 2.45) is 0 Å². The van der Waals surface area contributed by atoms with Crippen LogP contribution in [-0.4, -0.2) is 33.8 Å². The number of nitrogens with one attached hydrogen (secondary N) is 1. The summed E-state index contributed by atoms with van der Waals surface area (Å²) >= 11 is 0. The zero-order chi connectivity index (χ0) is 13.2. The van der Waals surface area contributed by atoms with Gasteiger partial charge >= 0.3 is 0 Å². The van der Waals surface area contributed by atoms with Crippen LogP contribution >= 0.6 is 0 Å². The lowest BCUT2D eigenvalue weighted by Gasteiger charge is -2.26. The number of amides is 1. The molecule has 0 unspecified atom stereocenters. The zero-order valence-corrected chi connectivity index (χ0v) is 11.6. The van der Waals surface area contributed by atoms with Crippen LogP contribution in [0.25, 0.3) is 0 Å². The number of hydrogen-bond acceptors (Lipinski definition) is 3. The van der Waals surface area contributed by atoms with Crippen LogP contribution in [0.15, 0.2) is 6.07 Å². The van der Waals surface area contributed by atoms with Gasteiger partial charge in [0.1, 0.15) is 5.69 Å². The van der Waals surface area contributed by atoms with E-state index < -0.39 is 0 Å². The van der Waals surface area contributed by atoms with Gasteiger partial charge < -0.3 is 0 Å². The number of carbonyl (C=O) groups is 1. The Morgan fingerprint density at radius 1 is 1.37 bits per heavy atom. The second-order valence-electron chi connectivity index (χ2n) is 5.53. The van der Waals surface area contributed by atoms with Crippen molar-refractivity contribution in [2.75, 3.05) is 13.1 Å². The maximum absolute atomic E-state index is 12.3. The van der Waals surface area contributed by atoms with Crippen molar-refractivity contribution in [3.63, 3.8) is 0 Å². The molecule has 0 radical (unpaired) electrons. The fourth-order valence-corrected chi connectivity index (χ4v) is 2.65. The van der Waals surface area contributed by atoms with Gasteiger partial charge in [0, 0.05) is 25.6 Å². The number of aromatic nitrogens is 2. The van der Waals surface area contributed by atoms with E-state index in [4.69, 9.17) is 0 Å². The van der Waals surface area contributed by atoms with Crippen molar-refractivity contribution in [1.82, 2.24) is 20.2 Å². The summed E-state index contributed by atoms with van der Waals surface area (Å²) in [5.74, 6) is 0.581. The summed E-state index contributed by atoms with van der Waals surface area (Å²) in [5, 5.41) is 6.58. The summed E-state index contributed by atoms with van der Waals surface area (Å²) in [4.78, 5) is 12.3. The first-order chi connectivity index (χ1) is 9.28. The molecule has 1 aliphatic carbocycles.